The summed E-state index contributed by atoms with van der Waals surface area (Å²) in [5, 5.41) is 2.93. The molecule has 1 amide bonds. The molecule has 106 valence electrons. The molecule has 0 aliphatic rings. The Morgan fingerprint density at radius 2 is 2.16 bits per heavy atom. The molecule has 3 N–H and O–H groups in total. The third-order valence-electron chi connectivity index (χ3n) is 3.04. The molecule has 0 spiro atoms. The number of nitrogen functional groups attached to an aromatic ring is 1. The van der Waals surface area contributed by atoms with Gasteiger partial charge in [-0.3, -0.25) is 4.79 Å². The molecule has 0 radical (unpaired) electrons. The molecule has 5 heteroatoms. The van der Waals surface area contributed by atoms with Crippen molar-refractivity contribution in [3.8, 4) is 5.75 Å². The number of nitrogens with one attached hydrogen (secondary N) is 1. The highest BCUT2D eigenvalue weighted by molar-refractivity contribution is 5.81. The van der Waals surface area contributed by atoms with Gasteiger partial charge in [0.2, 0.25) is 0 Å². The molecule has 0 aliphatic heterocycles. The zero-order chi connectivity index (χ0) is 14.6. The molecule has 1 aromatic heterocycles. The summed E-state index contributed by atoms with van der Waals surface area (Å²) in [7, 11) is 0. The molecule has 1 unspecified atom stereocenters. The minimum absolute atomic E-state index is 0.160. The fourth-order valence-corrected chi connectivity index (χ4v) is 1.43. The lowest BCUT2D eigenvalue weighted by atomic mass is 10.0. The summed E-state index contributed by atoms with van der Waals surface area (Å²) in [6.45, 7) is 9.51. The number of ether oxygens (including phenoxy) is 1. The highest BCUT2D eigenvalue weighted by atomic mass is 16.5. The summed E-state index contributed by atoms with van der Waals surface area (Å²) in [6.07, 6.45) is 0.234. The van der Waals surface area contributed by atoms with Crippen LogP contribution in [-0.4, -0.2) is 22.5 Å². The number of hydrogen-bond acceptors (Lipinski definition) is 4. The standard InChI is InChI=1S/C14H23N3O2/c1-6-14(4,5)17-13(18)10(3)19-11-8-7-9(2)16-12(11)15/h7-8,10H,6H2,1-5H3,(H2,15,16)(H,17,18). The van der Waals surface area contributed by atoms with Gasteiger partial charge >= 0.3 is 0 Å². The molecule has 1 aromatic rings. The van der Waals surface area contributed by atoms with Crippen molar-refractivity contribution < 1.29 is 9.53 Å². The van der Waals surface area contributed by atoms with Gasteiger partial charge in [-0.05, 0) is 46.2 Å². The number of amides is 1. The SMILES string of the molecule is CCC(C)(C)NC(=O)C(C)Oc1ccc(C)nc1N. The summed E-state index contributed by atoms with van der Waals surface area (Å²) < 4.78 is 5.55. The van der Waals surface area contributed by atoms with E-state index in [0.717, 1.165) is 12.1 Å². The van der Waals surface area contributed by atoms with E-state index in [1.807, 2.05) is 27.7 Å². The van der Waals surface area contributed by atoms with Gasteiger partial charge in [-0.2, -0.15) is 0 Å². The number of aromatic nitrogens is 1. The zero-order valence-corrected chi connectivity index (χ0v) is 12.3. The average Bonchev–Trinajstić information content (AvgIpc) is 2.32. The molecule has 1 atom stereocenters. The second-order valence-electron chi connectivity index (χ2n) is 5.32. The van der Waals surface area contributed by atoms with Crippen LogP contribution in [0.2, 0.25) is 0 Å². The predicted molar refractivity (Wildman–Crippen MR) is 76.0 cm³/mol. The van der Waals surface area contributed by atoms with Crippen LogP contribution in [0.25, 0.3) is 0 Å². The van der Waals surface area contributed by atoms with E-state index in [2.05, 4.69) is 10.3 Å². The fraction of sp³-hybridized carbons (Fsp3) is 0.571. The van der Waals surface area contributed by atoms with Crippen LogP contribution in [-0.2, 0) is 4.79 Å². The quantitative estimate of drug-likeness (QED) is 0.854. The zero-order valence-electron chi connectivity index (χ0n) is 12.3. The Balaban J connectivity index is 2.69. The van der Waals surface area contributed by atoms with E-state index >= 15 is 0 Å². The Kier molecular flexibility index (Phi) is 4.75. The first kappa shape index (κ1) is 15.3. The maximum Gasteiger partial charge on any atom is 0.261 e. The van der Waals surface area contributed by atoms with E-state index in [1.54, 1.807) is 19.1 Å². The van der Waals surface area contributed by atoms with Crippen LogP contribution in [0.5, 0.6) is 5.75 Å². The molecule has 19 heavy (non-hydrogen) atoms. The third-order valence-corrected chi connectivity index (χ3v) is 3.04. The van der Waals surface area contributed by atoms with E-state index in [-0.39, 0.29) is 11.4 Å². The van der Waals surface area contributed by atoms with Gasteiger partial charge in [-0.15, -0.1) is 0 Å². The second kappa shape index (κ2) is 5.91. The highest BCUT2D eigenvalue weighted by Gasteiger charge is 2.23. The van der Waals surface area contributed by atoms with E-state index in [0.29, 0.717) is 11.6 Å². The van der Waals surface area contributed by atoms with Gasteiger partial charge in [-0.25, -0.2) is 4.98 Å². The van der Waals surface area contributed by atoms with Crippen LogP contribution in [0.1, 0.15) is 39.8 Å². The summed E-state index contributed by atoms with van der Waals surface area (Å²) >= 11 is 0. The maximum absolute atomic E-state index is 12.0. The molecule has 0 saturated heterocycles. The number of nitrogens with two attached hydrogens (primary N) is 1. The van der Waals surface area contributed by atoms with Gasteiger partial charge in [0, 0.05) is 11.2 Å². The van der Waals surface area contributed by atoms with Gasteiger partial charge in [0.25, 0.3) is 5.91 Å². The molecular formula is C14H23N3O2. The second-order valence-corrected chi connectivity index (χ2v) is 5.32. The number of carbonyl (C=O) groups excluding carboxylic acids is 1. The first-order valence-corrected chi connectivity index (χ1v) is 6.47. The van der Waals surface area contributed by atoms with Gasteiger partial charge < -0.3 is 15.8 Å². The van der Waals surface area contributed by atoms with Crippen LogP contribution >= 0.6 is 0 Å². The Hall–Kier alpha value is -1.78. The summed E-state index contributed by atoms with van der Waals surface area (Å²) in [6, 6.07) is 3.53. The van der Waals surface area contributed by atoms with Crippen molar-refractivity contribution in [2.24, 2.45) is 0 Å². The molecule has 0 aliphatic carbocycles. The van der Waals surface area contributed by atoms with E-state index in [1.165, 1.54) is 0 Å². The average molecular weight is 265 g/mol. The van der Waals surface area contributed by atoms with Crippen molar-refractivity contribution in [1.82, 2.24) is 10.3 Å². The summed E-state index contributed by atoms with van der Waals surface area (Å²) in [5.41, 5.74) is 6.33. The van der Waals surface area contributed by atoms with Crippen LogP contribution in [0, 0.1) is 6.92 Å². The maximum atomic E-state index is 12.0. The first-order valence-electron chi connectivity index (χ1n) is 6.47. The smallest absolute Gasteiger partial charge is 0.261 e. The van der Waals surface area contributed by atoms with E-state index < -0.39 is 6.10 Å². The summed E-state index contributed by atoms with van der Waals surface area (Å²) in [4.78, 5) is 16.1. The molecule has 0 fully saturated rings. The number of hydrogen-bond donors (Lipinski definition) is 2. The minimum atomic E-state index is -0.613. The molecule has 5 nitrogen and oxygen atoms in total. The van der Waals surface area contributed by atoms with Crippen LogP contribution in [0.3, 0.4) is 0 Å². The Bertz CT molecular complexity index is 458. The monoisotopic (exact) mass is 265 g/mol. The number of rotatable bonds is 5. The van der Waals surface area contributed by atoms with Crippen molar-refractivity contribution in [2.75, 3.05) is 5.73 Å². The van der Waals surface area contributed by atoms with Crippen LogP contribution in [0.15, 0.2) is 12.1 Å². The fourth-order valence-electron chi connectivity index (χ4n) is 1.43. The molecule has 0 bridgehead atoms. The molecule has 1 rings (SSSR count). The van der Waals surface area contributed by atoms with Gasteiger partial charge in [0.1, 0.15) is 0 Å². The normalized spacial score (nSPS) is 12.9. The lowest BCUT2D eigenvalue weighted by molar-refractivity contribution is -0.128. The molecule has 0 saturated carbocycles. The van der Waals surface area contributed by atoms with E-state index in [9.17, 15) is 4.79 Å². The Morgan fingerprint density at radius 1 is 1.53 bits per heavy atom. The number of pyridine rings is 1. The number of aryl methyl sites for hydroxylation is 1. The van der Waals surface area contributed by atoms with Crippen LogP contribution in [0.4, 0.5) is 5.82 Å². The number of carbonyl (C=O) groups is 1. The number of nitrogens with zero attached hydrogens (tertiary/aromatic N) is 1. The lowest BCUT2D eigenvalue weighted by Crippen LogP contribution is -2.48. The Labute approximate surface area is 114 Å². The summed E-state index contributed by atoms with van der Waals surface area (Å²) in [5.74, 6) is 0.573. The molecule has 1 heterocycles. The van der Waals surface area contributed by atoms with Gasteiger partial charge in [0.15, 0.2) is 17.7 Å². The van der Waals surface area contributed by atoms with Gasteiger partial charge in [0.05, 0.1) is 0 Å². The van der Waals surface area contributed by atoms with Crippen LogP contribution < -0.4 is 15.8 Å². The third kappa shape index (κ3) is 4.43. The predicted octanol–water partition coefficient (Wildman–Crippen LogP) is 2.04. The number of anilines is 1. The van der Waals surface area contributed by atoms with Crippen molar-refractivity contribution in [3.63, 3.8) is 0 Å². The topological polar surface area (TPSA) is 77.2 Å². The minimum Gasteiger partial charge on any atom is -0.477 e. The lowest BCUT2D eigenvalue weighted by Gasteiger charge is -2.26. The van der Waals surface area contributed by atoms with Crippen molar-refractivity contribution in [3.05, 3.63) is 17.8 Å². The van der Waals surface area contributed by atoms with E-state index in [4.69, 9.17) is 10.5 Å². The molecular weight excluding hydrogens is 242 g/mol. The highest BCUT2D eigenvalue weighted by Crippen LogP contribution is 2.20. The molecule has 0 aromatic carbocycles. The van der Waals surface area contributed by atoms with Crippen molar-refractivity contribution in [2.45, 2.75) is 52.7 Å². The largest absolute Gasteiger partial charge is 0.477 e. The van der Waals surface area contributed by atoms with Gasteiger partial charge in [-0.1, -0.05) is 6.92 Å². The van der Waals surface area contributed by atoms with Crippen molar-refractivity contribution in [1.29, 1.82) is 0 Å². The first-order chi connectivity index (χ1) is 8.75. The van der Waals surface area contributed by atoms with Crippen molar-refractivity contribution >= 4 is 11.7 Å². The Morgan fingerprint density at radius 3 is 2.68 bits per heavy atom.